The van der Waals surface area contributed by atoms with E-state index in [2.05, 4.69) is 31.5 Å². The molecule has 45 heavy (non-hydrogen) atoms. The Bertz CT molecular complexity index is 1870. The number of aromatic amines is 1. The number of aromatic nitrogens is 2. The van der Waals surface area contributed by atoms with E-state index in [1.54, 1.807) is 30.3 Å². The number of halogens is 3. The number of rotatable bonds is 9. The average Bonchev–Trinajstić information content (AvgIpc) is 3.52. The molecule has 1 saturated carbocycles. The van der Waals surface area contributed by atoms with Crippen LogP contribution in [0.4, 0.5) is 5.69 Å². The van der Waals surface area contributed by atoms with E-state index >= 15 is 0 Å². The Morgan fingerprint density at radius 1 is 1.00 bits per heavy atom. The van der Waals surface area contributed by atoms with Crippen LogP contribution in [-0.2, 0) is 16.8 Å². The number of benzene rings is 2. The van der Waals surface area contributed by atoms with E-state index in [9.17, 15) is 13.2 Å². The highest BCUT2D eigenvalue weighted by Crippen LogP contribution is 2.35. The molecule has 0 spiro atoms. The van der Waals surface area contributed by atoms with Crippen molar-refractivity contribution in [2.75, 3.05) is 18.1 Å². The summed E-state index contributed by atoms with van der Waals surface area (Å²) in [5.41, 5.74) is 2.30. The molecule has 2 fully saturated rings. The third kappa shape index (κ3) is 7.91. The SMILES string of the molecule is O=C(c1n[nH]c(-c2ccc(C#Cc3ccc(Cl)cc3)s2)c1CNS(=O)(=O)NC1CC1)N(c1ccc(Cl)cc1Cl)N1CCCCC1. The zero-order valence-electron chi connectivity index (χ0n) is 23.9. The van der Waals surface area contributed by atoms with Crippen LogP contribution in [0.5, 0.6) is 0 Å². The Morgan fingerprint density at radius 2 is 1.73 bits per heavy atom. The van der Waals surface area contributed by atoms with E-state index in [1.165, 1.54) is 16.3 Å². The molecular weight excluding hydrogens is 675 g/mol. The molecule has 0 atom stereocenters. The molecule has 234 valence electrons. The second kappa shape index (κ2) is 13.8. The Morgan fingerprint density at radius 3 is 2.44 bits per heavy atom. The van der Waals surface area contributed by atoms with Gasteiger partial charge in [0.25, 0.3) is 16.1 Å². The van der Waals surface area contributed by atoms with Crippen LogP contribution in [0.2, 0.25) is 15.1 Å². The van der Waals surface area contributed by atoms with Crippen molar-refractivity contribution < 1.29 is 13.2 Å². The number of thiophene rings is 1. The second-order valence-corrected chi connectivity index (χ2v) is 14.7. The summed E-state index contributed by atoms with van der Waals surface area (Å²) >= 11 is 20.2. The standard InChI is InChI=1S/C31H29Cl3N6O3S2/c32-21-7-4-20(5-8-21)6-12-24-13-15-28(44-24)29-25(19-35-45(42,43)38-23-10-11-23)30(37-36-29)31(41)40(39-16-2-1-3-17-39)27-14-9-22(33)18-26(27)34/h4-5,7-9,13-15,18,23,35,38H,1-3,10-11,16-17,19H2,(H,36,37). The number of amides is 1. The number of piperidine rings is 1. The van der Waals surface area contributed by atoms with Gasteiger partial charge in [-0.1, -0.05) is 53.1 Å². The summed E-state index contributed by atoms with van der Waals surface area (Å²) in [6.45, 7) is 1.13. The van der Waals surface area contributed by atoms with Crippen LogP contribution >= 0.6 is 46.1 Å². The zero-order valence-corrected chi connectivity index (χ0v) is 27.8. The number of nitrogens with one attached hydrogen (secondary N) is 3. The number of hydrogen-bond donors (Lipinski definition) is 3. The van der Waals surface area contributed by atoms with Gasteiger partial charge in [0.2, 0.25) is 0 Å². The van der Waals surface area contributed by atoms with E-state index in [0.717, 1.165) is 47.4 Å². The number of carbonyl (C=O) groups is 1. The molecule has 2 aliphatic rings. The quantitative estimate of drug-likeness (QED) is 0.170. The van der Waals surface area contributed by atoms with Crippen molar-refractivity contribution in [3.63, 3.8) is 0 Å². The van der Waals surface area contributed by atoms with Gasteiger partial charge < -0.3 is 0 Å². The molecule has 0 radical (unpaired) electrons. The molecule has 4 aromatic rings. The van der Waals surface area contributed by atoms with Crippen molar-refractivity contribution in [1.82, 2.24) is 24.7 Å². The maximum absolute atomic E-state index is 14.4. The van der Waals surface area contributed by atoms with Gasteiger partial charge in [-0.25, -0.2) is 10.0 Å². The highest BCUT2D eigenvalue weighted by Gasteiger charge is 2.33. The van der Waals surface area contributed by atoms with Crippen molar-refractivity contribution in [1.29, 1.82) is 0 Å². The van der Waals surface area contributed by atoms with Crippen LogP contribution in [0, 0.1) is 11.8 Å². The summed E-state index contributed by atoms with van der Waals surface area (Å²) in [4.78, 5) is 16.0. The summed E-state index contributed by atoms with van der Waals surface area (Å²) < 4.78 is 30.9. The first-order valence-corrected chi connectivity index (χ1v) is 17.9. The molecule has 2 aromatic heterocycles. The number of hydrogen-bond acceptors (Lipinski definition) is 6. The lowest BCUT2D eigenvalue weighted by Crippen LogP contribution is -2.49. The van der Waals surface area contributed by atoms with Crippen LogP contribution < -0.4 is 14.5 Å². The van der Waals surface area contributed by atoms with E-state index in [1.807, 2.05) is 29.3 Å². The Hall–Kier alpha value is -2.92. The lowest BCUT2D eigenvalue weighted by Gasteiger charge is -2.37. The van der Waals surface area contributed by atoms with Gasteiger partial charge in [0.05, 0.1) is 26.2 Å². The van der Waals surface area contributed by atoms with Gasteiger partial charge in [-0.2, -0.15) is 23.0 Å². The average molecular weight is 704 g/mol. The number of H-pyrrole nitrogens is 1. The van der Waals surface area contributed by atoms with E-state index < -0.39 is 16.1 Å². The fraction of sp³-hybridized carbons (Fsp3) is 0.290. The summed E-state index contributed by atoms with van der Waals surface area (Å²) in [5, 5.41) is 12.4. The first-order chi connectivity index (χ1) is 21.7. The smallest absolute Gasteiger partial charge is 0.276 e. The largest absolute Gasteiger partial charge is 0.293 e. The summed E-state index contributed by atoms with van der Waals surface area (Å²) in [6.07, 6.45) is 4.47. The first-order valence-electron chi connectivity index (χ1n) is 14.4. The minimum absolute atomic E-state index is 0.0758. The molecule has 9 nitrogen and oxygen atoms in total. The molecule has 1 amide bonds. The number of anilines is 1. The zero-order chi connectivity index (χ0) is 31.6. The van der Waals surface area contributed by atoms with Crippen LogP contribution in [0.15, 0.2) is 54.6 Å². The Kier molecular flexibility index (Phi) is 9.85. The normalized spacial score (nSPS) is 15.4. The molecule has 1 saturated heterocycles. The molecule has 1 aliphatic carbocycles. The summed E-state index contributed by atoms with van der Waals surface area (Å²) in [6, 6.07) is 15.9. The van der Waals surface area contributed by atoms with Crippen LogP contribution in [0.25, 0.3) is 10.6 Å². The van der Waals surface area contributed by atoms with Gasteiger partial charge in [-0.3, -0.25) is 9.89 Å². The lowest BCUT2D eigenvalue weighted by molar-refractivity contribution is 0.0866. The summed E-state index contributed by atoms with van der Waals surface area (Å²) in [5.74, 6) is 5.85. The van der Waals surface area contributed by atoms with Gasteiger partial charge in [0.15, 0.2) is 5.69 Å². The van der Waals surface area contributed by atoms with Gasteiger partial charge >= 0.3 is 0 Å². The third-order valence-electron chi connectivity index (χ3n) is 7.38. The van der Waals surface area contributed by atoms with Crippen molar-refractivity contribution in [2.45, 2.75) is 44.7 Å². The molecule has 1 aliphatic heterocycles. The minimum atomic E-state index is -3.82. The van der Waals surface area contributed by atoms with Crippen molar-refractivity contribution in [2.24, 2.45) is 0 Å². The number of nitrogens with zero attached hydrogens (tertiary/aromatic N) is 3. The molecular formula is C31H29Cl3N6O3S2. The fourth-order valence-electron chi connectivity index (χ4n) is 4.97. The predicted molar refractivity (Wildman–Crippen MR) is 180 cm³/mol. The third-order valence-corrected chi connectivity index (χ3v) is 10.4. The Balaban J connectivity index is 1.37. The van der Waals surface area contributed by atoms with E-state index in [4.69, 9.17) is 34.8 Å². The number of carbonyl (C=O) groups excluding carboxylic acids is 1. The summed E-state index contributed by atoms with van der Waals surface area (Å²) in [7, 11) is -3.82. The maximum Gasteiger partial charge on any atom is 0.293 e. The Labute approximate surface area is 281 Å². The van der Waals surface area contributed by atoms with Crippen LogP contribution in [0.3, 0.4) is 0 Å². The van der Waals surface area contributed by atoms with Crippen LogP contribution in [0.1, 0.15) is 58.6 Å². The van der Waals surface area contributed by atoms with Gasteiger partial charge in [-0.15, -0.1) is 11.3 Å². The molecule has 0 unspecified atom stereocenters. The van der Waals surface area contributed by atoms with Gasteiger partial charge in [-0.05, 0) is 80.3 Å². The topological polar surface area (TPSA) is 110 Å². The maximum atomic E-state index is 14.4. The number of hydrazine groups is 1. The minimum Gasteiger partial charge on any atom is -0.276 e. The molecule has 3 heterocycles. The fourth-order valence-corrected chi connectivity index (χ4v) is 7.56. The first kappa shape index (κ1) is 32.0. The molecule has 3 N–H and O–H groups in total. The lowest BCUT2D eigenvalue weighted by atomic mass is 10.1. The second-order valence-electron chi connectivity index (χ2n) is 10.8. The van der Waals surface area contributed by atoms with Crippen molar-refractivity contribution >= 4 is 67.9 Å². The molecule has 0 bridgehead atoms. The van der Waals surface area contributed by atoms with Gasteiger partial charge in [0, 0.05) is 46.8 Å². The monoisotopic (exact) mass is 702 g/mol. The predicted octanol–water partition coefficient (Wildman–Crippen LogP) is 6.63. The van der Waals surface area contributed by atoms with Crippen molar-refractivity contribution in [3.8, 4) is 22.4 Å². The molecule has 2 aromatic carbocycles. The molecule has 14 heteroatoms. The highest BCUT2D eigenvalue weighted by atomic mass is 35.5. The molecule has 6 rings (SSSR count). The van der Waals surface area contributed by atoms with E-state index in [0.29, 0.717) is 45.1 Å². The van der Waals surface area contributed by atoms with Crippen LogP contribution in [-0.4, -0.2) is 48.7 Å². The van der Waals surface area contributed by atoms with Crippen molar-refractivity contribution in [3.05, 3.63) is 91.4 Å². The highest BCUT2D eigenvalue weighted by molar-refractivity contribution is 7.87. The van der Waals surface area contributed by atoms with E-state index in [-0.39, 0.29) is 18.3 Å². The van der Waals surface area contributed by atoms with Gasteiger partial charge in [0.1, 0.15) is 0 Å².